The van der Waals surface area contributed by atoms with Gasteiger partial charge < -0.3 is 11.1 Å². The Hall–Kier alpha value is -1.51. The second kappa shape index (κ2) is 9.59. The Bertz CT molecular complexity index is 646. The standard InChI is InChI=1S/C15H17N3O2S3/c16-13(19)9-22-7-12-8-23-15(17-12)18-14(20)10-21-6-11-4-2-1-3-5-11/h1-5,8H,6-7,9-10H2,(H2,16,19)(H,17,18,20). The van der Waals surface area contributed by atoms with Crippen molar-refractivity contribution in [3.05, 3.63) is 47.0 Å². The Morgan fingerprint density at radius 1 is 1.13 bits per heavy atom. The Kier molecular flexibility index (Phi) is 7.44. The highest BCUT2D eigenvalue weighted by atomic mass is 32.2. The molecule has 1 heterocycles. The number of carbonyl (C=O) groups excluding carboxylic acids is 2. The second-order valence-electron chi connectivity index (χ2n) is 4.63. The van der Waals surface area contributed by atoms with Gasteiger partial charge in [0.15, 0.2) is 5.13 Å². The third kappa shape index (κ3) is 7.06. The summed E-state index contributed by atoms with van der Waals surface area (Å²) in [6.45, 7) is 0. The number of thioether (sulfide) groups is 2. The molecular formula is C15H17N3O2S3. The van der Waals surface area contributed by atoms with Crippen LogP contribution in [0.2, 0.25) is 0 Å². The van der Waals surface area contributed by atoms with Gasteiger partial charge in [0.1, 0.15) is 0 Å². The quantitative estimate of drug-likeness (QED) is 0.712. The second-order valence-corrected chi connectivity index (χ2v) is 7.46. The van der Waals surface area contributed by atoms with Crippen LogP contribution in [0.3, 0.4) is 0 Å². The number of hydrogen-bond donors (Lipinski definition) is 2. The number of anilines is 1. The number of nitrogens with two attached hydrogens (primary N) is 1. The van der Waals surface area contributed by atoms with Gasteiger partial charge in [-0.15, -0.1) is 34.9 Å². The van der Waals surface area contributed by atoms with Crippen molar-refractivity contribution in [2.45, 2.75) is 11.5 Å². The fourth-order valence-corrected chi connectivity index (χ4v) is 3.96. The zero-order chi connectivity index (χ0) is 16.5. The summed E-state index contributed by atoms with van der Waals surface area (Å²) in [6, 6.07) is 10.0. The van der Waals surface area contributed by atoms with Gasteiger partial charge in [-0.05, 0) is 5.56 Å². The van der Waals surface area contributed by atoms with E-state index in [1.54, 1.807) is 11.8 Å². The molecule has 23 heavy (non-hydrogen) atoms. The Balaban J connectivity index is 1.68. The molecular weight excluding hydrogens is 350 g/mol. The molecule has 0 aliphatic heterocycles. The molecule has 0 bridgehead atoms. The largest absolute Gasteiger partial charge is 0.369 e. The van der Waals surface area contributed by atoms with Crippen LogP contribution in [-0.2, 0) is 21.1 Å². The average molecular weight is 368 g/mol. The summed E-state index contributed by atoms with van der Waals surface area (Å²) in [4.78, 5) is 26.9. The Labute approximate surface area is 147 Å². The van der Waals surface area contributed by atoms with Gasteiger partial charge in [-0.1, -0.05) is 30.3 Å². The number of carbonyl (C=O) groups is 2. The highest BCUT2D eigenvalue weighted by Crippen LogP contribution is 2.20. The number of nitrogens with one attached hydrogen (secondary N) is 1. The predicted molar refractivity (Wildman–Crippen MR) is 98.7 cm³/mol. The molecule has 122 valence electrons. The van der Waals surface area contributed by atoms with Crippen molar-refractivity contribution in [3.8, 4) is 0 Å². The molecule has 2 aromatic rings. The number of nitrogens with zero attached hydrogens (tertiary/aromatic N) is 1. The van der Waals surface area contributed by atoms with Crippen LogP contribution in [0, 0.1) is 0 Å². The summed E-state index contributed by atoms with van der Waals surface area (Å²) < 4.78 is 0. The predicted octanol–water partition coefficient (Wildman–Crippen LogP) is 2.73. The van der Waals surface area contributed by atoms with Crippen LogP contribution in [0.1, 0.15) is 11.3 Å². The first-order chi connectivity index (χ1) is 11.1. The minimum atomic E-state index is -0.339. The minimum absolute atomic E-state index is 0.0587. The maximum absolute atomic E-state index is 11.9. The Morgan fingerprint density at radius 2 is 1.87 bits per heavy atom. The van der Waals surface area contributed by atoms with E-state index < -0.39 is 0 Å². The lowest BCUT2D eigenvalue weighted by Gasteiger charge is -2.02. The molecule has 0 aliphatic carbocycles. The van der Waals surface area contributed by atoms with Crippen molar-refractivity contribution in [3.63, 3.8) is 0 Å². The third-order valence-electron chi connectivity index (χ3n) is 2.64. The number of rotatable bonds is 9. The topological polar surface area (TPSA) is 85.1 Å². The molecule has 0 spiro atoms. The molecule has 3 N–H and O–H groups in total. The van der Waals surface area contributed by atoms with E-state index in [1.807, 2.05) is 35.7 Å². The molecule has 0 radical (unpaired) electrons. The average Bonchev–Trinajstić information content (AvgIpc) is 2.95. The molecule has 1 aromatic carbocycles. The smallest absolute Gasteiger partial charge is 0.236 e. The fraction of sp³-hybridized carbons (Fsp3) is 0.267. The first kappa shape index (κ1) is 17.8. The van der Waals surface area contributed by atoms with Crippen molar-refractivity contribution in [2.75, 3.05) is 16.8 Å². The van der Waals surface area contributed by atoms with E-state index in [0.29, 0.717) is 16.6 Å². The zero-order valence-electron chi connectivity index (χ0n) is 12.4. The van der Waals surface area contributed by atoms with Crippen molar-refractivity contribution in [1.29, 1.82) is 0 Å². The monoisotopic (exact) mass is 367 g/mol. The van der Waals surface area contributed by atoms with Gasteiger partial charge in [0, 0.05) is 16.9 Å². The molecule has 8 heteroatoms. The molecule has 2 amide bonds. The molecule has 0 unspecified atom stereocenters. The van der Waals surface area contributed by atoms with Gasteiger partial charge in [-0.25, -0.2) is 4.98 Å². The van der Waals surface area contributed by atoms with Gasteiger partial charge in [0.2, 0.25) is 11.8 Å². The van der Waals surface area contributed by atoms with Gasteiger partial charge in [-0.2, -0.15) is 0 Å². The SMILES string of the molecule is NC(=O)CSCc1csc(NC(=O)CSCc2ccccc2)n1. The Morgan fingerprint density at radius 3 is 2.61 bits per heavy atom. The summed E-state index contributed by atoms with van der Waals surface area (Å²) in [5.41, 5.74) is 7.12. The first-order valence-electron chi connectivity index (χ1n) is 6.85. The fourth-order valence-electron chi connectivity index (χ4n) is 1.68. The number of benzene rings is 1. The lowest BCUT2D eigenvalue weighted by atomic mass is 10.2. The zero-order valence-corrected chi connectivity index (χ0v) is 14.8. The summed E-state index contributed by atoms with van der Waals surface area (Å²) in [6.07, 6.45) is 0. The van der Waals surface area contributed by atoms with Crippen molar-refractivity contribution >= 4 is 51.8 Å². The number of amides is 2. The first-order valence-corrected chi connectivity index (χ1v) is 10.0. The highest BCUT2D eigenvalue weighted by Gasteiger charge is 2.07. The summed E-state index contributed by atoms with van der Waals surface area (Å²) >= 11 is 4.36. The van der Waals surface area contributed by atoms with Crippen LogP contribution < -0.4 is 11.1 Å². The van der Waals surface area contributed by atoms with E-state index in [0.717, 1.165) is 11.4 Å². The lowest BCUT2D eigenvalue weighted by molar-refractivity contribution is -0.115. The van der Waals surface area contributed by atoms with E-state index in [9.17, 15) is 9.59 Å². The number of aromatic nitrogens is 1. The molecule has 0 saturated carbocycles. The number of thiazole rings is 1. The lowest BCUT2D eigenvalue weighted by Crippen LogP contribution is -2.14. The van der Waals surface area contributed by atoms with Crippen LogP contribution in [0.25, 0.3) is 0 Å². The maximum atomic E-state index is 11.9. The van der Waals surface area contributed by atoms with Crippen LogP contribution in [-0.4, -0.2) is 28.3 Å². The summed E-state index contributed by atoms with van der Waals surface area (Å²) in [5.74, 6) is 1.68. The van der Waals surface area contributed by atoms with Crippen molar-refractivity contribution < 1.29 is 9.59 Å². The van der Waals surface area contributed by atoms with E-state index in [4.69, 9.17) is 5.73 Å². The van der Waals surface area contributed by atoms with Crippen LogP contribution >= 0.6 is 34.9 Å². The summed E-state index contributed by atoms with van der Waals surface area (Å²) in [5, 5.41) is 5.26. The minimum Gasteiger partial charge on any atom is -0.369 e. The van der Waals surface area contributed by atoms with E-state index in [-0.39, 0.29) is 17.6 Å². The van der Waals surface area contributed by atoms with Crippen molar-refractivity contribution in [2.24, 2.45) is 5.73 Å². The number of primary amides is 1. The molecule has 1 aromatic heterocycles. The maximum Gasteiger partial charge on any atom is 0.236 e. The van der Waals surface area contributed by atoms with E-state index >= 15 is 0 Å². The molecule has 0 fully saturated rings. The summed E-state index contributed by atoms with van der Waals surface area (Å²) in [7, 11) is 0. The third-order valence-corrected chi connectivity index (χ3v) is 5.44. The van der Waals surface area contributed by atoms with Crippen molar-refractivity contribution in [1.82, 2.24) is 4.98 Å². The molecule has 2 rings (SSSR count). The van der Waals surface area contributed by atoms with E-state index in [2.05, 4.69) is 10.3 Å². The highest BCUT2D eigenvalue weighted by molar-refractivity contribution is 7.99. The molecule has 5 nitrogen and oxygen atoms in total. The molecule has 0 saturated heterocycles. The van der Waals surface area contributed by atoms with Gasteiger partial charge in [0.25, 0.3) is 0 Å². The van der Waals surface area contributed by atoms with Crippen LogP contribution in [0.4, 0.5) is 5.13 Å². The van der Waals surface area contributed by atoms with Crippen LogP contribution in [0.5, 0.6) is 0 Å². The normalized spacial score (nSPS) is 10.4. The van der Waals surface area contributed by atoms with Gasteiger partial charge in [-0.3, -0.25) is 9.59 Å². The van der Waals surface area contributed by atoms with Crippen LogP contribution in [0.15, 0.2) is 35.7 Å². The molecule has 0 aliphatic rings. The number of hydrogen-bond acceptors (Lipinski definition) is 6. The van der Waals surface area contributed by atoms with Gasteiger partial charge >= 0.3 is 0 Å². The van der Waals surface area contributed by atoms with E-state index in [1.165, 1.54) is 28.7 Å². The van der Waals surface area contributed by atoms with Gasteiger partial charge in [0.05, 0.1) is 17.2 Å². The molecule has 0 atom stereocenters.